The summed E-state index contributed by atoms with van der Waals surface area (Å²) >= 11 is 0. The molecular weight excluding hydrogens is 733 g/mol. The van der Waals surface area contributed by atoms with Gasteiger partial charge in [-0.15, -0.1) is 12.4 Å². The number of hydrogen-bond donors (Lipinski definition) is 0. The SMILES string of the molecule is Cc1[c-]nc(-c2ccc(F)cc2)c(-c2ccc(F)cc2)n1.Cc1[c-]nc(-c2ccc(F)cc2)c(-c2ccc(F)cc2)n1.[Ir+3]. The van der Waals surface area contributed by atoms with Crippen LogP contribution in [0.25, 0.3) is 45.0 Å². The summed E-state index contributed by atoms with van der Waals surface area (Å²) in [5.74, 6) is -1.25. The monoisotopic (exact) mass is 755 g/mol. The molecule has 6 aromatic rings. The van der Waals surface area contributed by atoms with Gasteiger partial charge in [0.1, 0.15) is 23.3 Å². The van der Waals surface area contributed by atoms with Crippen LogP contribution in [0, 0.1) is 49.5 Å². The second-order valence-corrected chi connectivity index (χ2v) is 9.26. The Hall–Kier alpha value is -4.59. The zero-order valence-electron chi connectivity index (χ0n) is 22.9. The van der Waals surface area contributed by atoms with Crippen LogP contribution in [0.4, 0.5) is 17.6 Å². The van der Waals surface area contributed by atoms with Gasteiger partial charge in [-0.25, -0.2) is 17.6 Å². The molecule has 0 bridgehead atoms. The van der Waals surface area contributed by atoms with Gasteiger partial charge in [-0.1, -0.05) is 71.0 Å². The molecule has 0 aliphatic carbocycles. The van der Waals surface area contributed by atoms with Gasteiger partial charge in [-0.05, 0) is 84.9 Å². The van der Waals surface area contributed by atoms with Crippen molar-refractivity contribution in [2.45, 2.75) is 13.8 Å². The minimum absolute atomic E-state index is 0. The minimum Gasteiger partial charge on any atom is -0.448 e. The van der Waals surface area contributed by atoms with Gasteiger partial charge in [0.05, 0.1) is 0 Å². The first-order chi connectivity index (χ1) is 20.3. The molecule has 0 fully saturated rings. The average Bonchev–Trinajstić information content (AvgIpc) is 2.99. The normalized spacial score (nSPS) is 10.4. The molecule has 4 aromatic carbocycles. The summed E-state index contributed by atoms with van der Waals surface area (Å²) in [7, 11) is 0. The van der Waals surface area contributed by atoms with Crippen molar-refractivity contribution < 1.29 is 37.7 Å². The van der Waals surface area contributed by atoms with Crippen molar-refractivity contribution in [3.63, 3.8) is 0 Å². The van der Waals surface area contributed by atoms with Crippen LogP contribution in [0.15, 0.2) is 97.1 Å². The van der Waals surface area contributed by atoms with E-state index in [1.165, 1.54) is 48.5 Å². The molecule has 0 spiro atoms. The molecule has 0 aliphatic heterocycles. The first kappa shape index (κ1) is 31.3. The van der Waals surface area contributed by atoms with Crippen LogP contribution in [0.5, 0.6) is 0 Å². The Kier molecular flexibility index (Phi) is 10.2. The van der Waals surface area contributed by atoms with E-state index < -0.39 is 0 Å². The van der Waals surface area contributed by atoms with E-state index in [0.29, 0.717) is 34.2 Å². The van der Waals surface area contributed by atoms with Crippen molar-refractivity contribution >= 4 is 0 Å². The van der Waals surface area contributed by atoms with E-state index in [2.05, 4.69) is 32.3 Å². The van der Waals surface area contributed by atoms with Crippen LogP contribution < -0.4 is 0 Å². The van der Waals surface area contributed by atoms with E-state index in [1.54, 1.807) is 62.4 Å². The quantitative estimate of drug-likeness (QED) is 0.134. The van der Waals surface area contributed by atoms with E-state index in [9.17, 15) is 17.6 Å². The number of aryl methyl sites for hydroxylation is 2. The van der Waals surface area contributed by atoms with E-state index >= 15 is 0 Å². The Morgan fingerprint density at radius 2 is 0.628 bits per heavy atom. The molecule has 0 saturated carbocycles. The summed E-state index contributed by atoms with van der Waals surface area (Å²) in [6, 6.07) is 24.1. The maximum absolute atomic E-state index is 13.1. The van der Waals surface area contributed by atoms with Gasteiger partial charge in [0.2, 0.25) is 0 Å². The van der Waals surface area contributed by atoms with Crippen LogP contribution in [-0.4, -0.2) is 19.9 Å². The summed E-state index contributed by atoms with van der Waals surface area (Å²) in [4.78, 5) is 17.4. The topological polar surface area (TPSA) is 51.6 Å². The van der Waals surface area contributed by atoms with Crippen LogP contribution >= 0.6 is 0 Å². The molecule has 0 saturated heterocycles. The van der Waals surface area contributed by atoms with Crippen molar-refractivity contribution in [2.75, 3.05) is 0 Å². The van der Waals surface area contributed by atoms with Gasteiger partial charge in [0.15, 0.2) is 0 Å². The molecule has 0 amide bonds. The molecule has 4 nitrogen and oxygen atoms in total. The van der Waals surface area contributed by atoms with Gasteiger partial charge < -0.3 is 9.97 Å². The fourth-order valence-corrected chi connectivity index (χ4v) is 4.11. The first-order valence-corrected chi connectivity index (χ1v) is 12.8. The fraction of sp³-hybridized carbons (Fsp3) is 0.0588. The maximum atomic E-state index is 13.1. The third-order valence-electron chi connectivity index (χ3n) is 6.14. The molecule has 0 unspecified atom stereocenters. The van der Waals surface area contributed by atoms with E-state index in [-0.39, 0.29) is 43.4 Å². The second kappa shape index (κ2) is 14.1. The third-order valence-corrected chi connectivity index (χ3v) is 6.14. The molecule has 214 valence electrons. The van der Waals surface area contributed by atoms with Crippen LogP contribution in [0.1, 0.15) is 11.4 Å². The van der Waals surface area contributed by atoms with Gasteiger partial charge in [-0.2, -0.15) is 0 Å². The first-order valence-electron chi connectivity index (χ1n) is 12.8. The van der Waals surface area contributed by atoms with Gasteiger partial charge in [0, 0.05) is 11.4 Å². The molecule has 0 aliphatic rings. The van der Waals surface area contributed by atoms with Crippen molar-refractivity contribution in [1.29, 1.82) is 0 Å². The zero-order valence-corrected chi connectivity index (χ0v) is 25.3. The number of halogens is 4. The van der Waals surface area contributed by atoms with Crippen LogP contribution in [0.2, 0.25) is 0 Å². The number of aromatic nitrogens is 4. The molecule has 2 aromatic heterocycles. The molecule has 43 heavy (non-hydrogen) atoms. The predicted octanol–water partition coefficient (Wildman–Crippen LogP) is 8.39. The molecule has 2 heterocycles. The smallest absolute Gasteiger partial charge is 0.448 e. The van der Waals surface area contributed by atoms with Crippen molar-refractivity contribution in [1.82, 2.24) is 19.9 Å². The van der Waals surface area contributed by atoms with Crippen molar-refractivity contribution in [2.24, 2.45) is 0 Å². The molecular formula is C34H22F4IrN4+. The Morgan fingerprint density at radius 1 is 0.395 bits per heavy atom. The standard InChI is InChI=1S/2C17H11F2N2.Ir/c2*1-11-10-20-16(12-2-6-14(18)7-3-12)17(21-11)13-4-8-15(19)9-5-13;/h2*2-9H,1H3;/q2*-1;+3. The van der Waals surface area contributed by atoms with Crippen molar-refractivity contribution in [3.05, 3.63) is 144 Å². The molecule has 6 rings (SSSR count). The molecule has 0 N–H and O–H groups in total. The zero-order chi connectivity index (χ0) is 29.6. The van der Waals surface area contributed by atoms with Gasteiger partial charge >= 0.3 is 20.1 Å². The fourth-order valence-electron chi connectivity index (χ4n) is 4.11. The number of benzene rings is 4. The van der Waals surface area contributed by atoms with Crippen molar-refractivity contribution in [3.8, 4) is 45.0 Å². The van der Waals surface area contributed by atoms with Crippen LogP contribution in [-0.2, 0) is 20.1 Å². The van der Waals surface area contributed by atoms with Crippen LogP contribution in [0.3, 0.4) is 0 Å². The largest absolute Gasteiger partial charge is 3.00 e. The summed E-state index contributed by atoms with van der Waals surface area (Å²) in [6.45, 7) is 3.57. The minimum atomic E-state index is -0.314. The number of rotatable bonds is 4. The number of hydrogen-bond acceptors (Lipinski definition) is 4. The van der Waals surface area contributed by atoms with E-state index in [4.69, 9.17) is 0 Å². The van der Waals surface area contributed by atoms with E-state index in [0.717, 1.165) is 22.3 Å². The maximum Gasteiger partial charge on any atom is 3.00 e. The molecule has 9 heteroatoms. The van der Waals surface area contributed by atoms with Gasteiger partial charge in [-0.3, -0.25) is 9.97 Å². The summed E-state index contributed by atoms with van der Waals surface area (Å²) in [5, 5.41) is 0. The molecule has 0 atom stereocenters. The summed E-state index contributed by atoms with van der Waals surface area (Å²) in [6.07, 6.45) is 5.61. The third kappa shape index (κ3) is 7.83. The Morgan fingerprint density at radius 3 is 0.884 bits per heavy atom. The van der Waals surface area contributed by atoms with Gasteiger partial charge in [0.25, 0.3) is 0 Å². The predicted molar refractivity (Wildman–Crippen MR) is 153 cm³/mol. The Bertz CT molecular complexity index is 1670. The number of nitrogens with zero attached hydrogens (tertiary/aromatic N) is 4. The summed E-state index contributed by atoms with van der Waals surface area (Å²) in [5.41, 5.74) is 6.68. The van der Waals surface area contributed by atoms with E-state index in [1.807, 2.05) is 0 Å². The second-order valence-electron chi connectivity index (χ2n) is 9.26. The Balaban J connectivity index is 0.000000192. The molecule has 0 radical (unpaired) electrons. The average molecular weight is 755 g/mol. The summed E-state index contributed by atoms with van der Waals surface area (Å²) < 4.78 is 52.2. The Labute approximate surface area is 259 Å².